The van der Waals surface area contributed by atoms with E-state index in [1.807, 2.05) is 37.3 Å². The Kier molecular flexibility index (Phi) is 4.36. The number of hydrogen-bond acceptors (Lipinski definition) is 3. The third-order valence-electron chi connectivity index (χ3n) is 2.91. The number of hydrogen-bond donors (Lipinski definition) is 1. The number of para-hydroxylation sites is 1. The molecule has 4 nitrogen and oxygen atoms in total. The molecule has 4 heteroatoms. The quantitative estimate of drug-likeness (QED) is 0.891. The molecule has 0 aliphatic rings. The van der Waals surface area contributed by atoms with Crippen LogP contribution in [0.15, 0.2) is 53.5 Å². The minimum atomic E-state index is -0.275. The van der Waals surface area contributed by atoms with Gasteiger partial charge >= 0.3 is 0 Å². The summed E-state index contributed by atoms with van der Waals surface area (Å²) < 4.78 is 7.16. The molecule has 1 unspecified atom stereocenters. The molecule has 2 N–H and O–H groups in total. The molecule has 1 heterocycles. The van der Waals surface area contributed by atoms with Gasteiger partial charge in [0, 0.05) is 24.4 Å². The third kappa shape index (κ3) is 3.23. The van der Waals surface area contributed by atoms with Crippen LogP contribution in [0.4, 0.5) is 0 Å². The van der Waals surface area contributed by atoms with Gasteiger partial charge in [-0.25, -0.2) is 0 Å². The highest BCUT2D eigenvalue weighted by Crippen LogP contribution is 2.24. The van der Waals surface area contributed by atoms with Crippen LogP contribution in [0.2, 0.25) is 0 Å². The minimum absolute atomic E-state index is 0.0492. The van der Waals surface area contributed by atoms with Crippen LogP contribution < -0.4 is 16.0 Å². The molecule has 1 atom stereocenters. The first kappa shape index (κ1) is 13.4. The number of nitrogens with zero attached hydrogens (tertiary/aromatic N) is 1. The number of nitrogens with two attached hydrogens (primary N) is 1. The molecule has 0 saturated heterocycles. The van der Waals surface area contributed by atoms with Gasteiger partial charge in [0.25, 0.3) is 5.56 Å². The van der Waals surface area contributed by atoms with E-state index in [2.05, 4.69) is 0 Å². The van der Waals surface area contributed by atoms with Crippen LogP contribution in [0.1, 0.15) is 18.5 Å². The summed E-state index contributed by atoms with van der Waals surface area (Å²) in [5.41, 5.74) is 7.05. The molecule has 19 heavy (non-hydrogen) atoms. The van der Waals surface area contributed by atoms with Crippen LogP contribution in [-0.4, -0.2) is 11.2 Å². The van der Waals surface area contributed by atoms with Gasteiger partial charge in [0.15, 0.2) is 0 Å². The van der Waals surface area contributed by atoms with Gasteiger partial charge in [-0.2, -0.15) is 0 Å². The molecular weight excluding hydrogens is 240 g/mol. The van der Waals surface area contributed by atoms with E-state index in [-0.39, 0.29) is 11.6 Å². The summed E-state index contributed by atoms with van der Waals surface area (Å²) in [7, 11) is 0. The zero-order valence-electron chi connectivity index (χ0n) is 11.0. The van der Waals surface area contributed by atoms with E-state index < -0.39 is 0 Å². The molecule has 1 aromatic heterocycles. The Hall–Kier alpha value is -2.07. The fourth-order valence-corrected chi connectivity index (χ4v) is 2.00. The second-order valence-electron chi connectivity index (χ2n) is 4.27. The lowest BCUT2D eigenvalue weighted by Crippen LogP contribution is -2.25. The van der Waals surface area contributed by atoms with Crippen molar-refractivity contribution in [2.45, 2.75) is 19.5 Å². The maximum atomic E-state index is 11.7. The molecule has 1 aromatic carbocycles. The van der Waals surface area contributed by atoms with Crippen molar-refractivity contribution in [3.8, 4) is 5.75 Å². The van der Waals surface area contributed by atoms with Crippen LogP contribution >= 0.6 is 0 Å². The van der Waals surface area contributed by atoms with Gasteiger partial charge in [0.05, 0.1) is 12.6 Å². The second-order valence-corrected chi connectivity index (χ2v) is 4.27. The molecule has 100 valence electrons. The van der Waals surface area contributed by atoms with Gasteiger partial charge in [-0.1, -0.05) is 24.3 Å². The van der Waals surface area contributed by atoms with Crippen molar-refractivity contribution in [1.29, 1.82) is 0 Å². The average molecular weight is 258 g/mol. The topological polar surface area (TPSA) is 57.2 Å². The normalized spacial score (nSPS) is 12.1. The summed E-state index contributed by atoms with van der Waals surface area (Å²) in [6.45, 7) is 2.96. The average Bonchev–Trinajstić information content (AvgIpc) is 2.42. The molecule has 0 spiro atoms. The van der Waals surface area contributed by atoms with Crippen molar-refractivity contribution in [2.75, 3.05) is 6.61 Å². The highest BCUT2D eigenvalue weighted by atomic mass is 16.5. The van der Waals surface area contributed by atoms with Crippen LogP contribution in [0.25, 0.3) is 0 Å². The number of pyridine rings is 1. The fraction of sp³-hybridized carbons (Fsp3) is 0.267. The lowest BCUT2D eigenvalue weighted by atomic mass is 10.1. The Morgan fingerprint density at radius 3 is 2.68 bits per heavy atom. The van der Waals surface area contributed by atoms with Gasteiger partial charge in [0.2, 0.25) is 0 Å². The number of benzene rings is 1. The van der Waals surface area contributed by atoms with Gasteiger partial charge in [0.1, 0.15) is 5.75 Å². The Labute approximate surface area is 112 Å². The molecule has 2 aromatic rings. The van der Waals surface area contributed by atoms with Crippen LogP contribution in [0, 0.1) is 0 Å². The summed E-state index contributed by atoms with van der Waals surface area (Å²) in [5.74, 6) is 0.779. The lowest BCUT2D eigenvalue weighted by molar-refractivity contribution is 0.332. The van der Waals surface area contributed by atoms with Crippen molar-refractivity contribution in [1.82, 2.24) is 4.57 Å². The Bertz CT molecular complexity index is 592. The van der Waals surface area contributed by atoms with Crippen LogP contribution in [0.3, 0.4) is 0 Å². The van der Waals surface area contributed by atoms with Crippen molar-refractivity contribution >= 4 is 0 Å². The van der Waals surface area contributed by atoms with Crippen molar-refractivity contribution in [3.63, 3.8) is 0 Å². The van der Waals surface area contributed by atoms with E-state index in [9.17, 15) is 4.79 Å². The fourth-order valence-electron chi connectivity index (χ4n) is 2.00. The standard InChI is InChI=1S/C15H18N2O2/c1-2-19-14-8-4-3-7-12(14)13(16)11-17-10-6-5-9-15(17)18/h3-10,13H,2,11,16H2,1H3. The van der Waals surface area contributed by atoms with Gasteiger partial charge in [-0.05, 0) is 19.1 Å². The highest BCUT2D eigenvalue weighted by Gasteiger charge is 2.12. The van der Waals surface area contributed by atoms with Crippen LogP contribution in [-0.2, 0) is 6.54 Å². The maximum Gasteiger partial charge on any atom is 0.250 e. The number of ether oxygens (including phenoxy) is 1. The molecule has 0 saturated carbocycles. The first-order valence-electron chi connectivity index (χ1n) is 6.35. The Balaban J connectivity index is 2.23. The summed E-state index contributed by atoms with van der Waals surface area (Å²) >= 11 is 0. The summed E-state index contributed by atoms with van der Waals surface area (Å²) in [5, 5.41) is 0. The van der Waals surface area contributed by atoms with Crippen molar-refractivity contribution in [2.24, 2.45) is 5.73 Å². The molecular formula is C15H18N2O2. The molecule has 0 fully saturated rings. The number of rotatable bonds is 5. The first-order chi connectivity index (χ1) is 9.22. The summed E-state index contributed by atoms with van der Waals surface area (Å²) in [4.78, 5) is 11.7. The van der Waals surface area contributed by atoms with Gasteiger partial charge < -0.3 is 15.0 Å². The third-order valence-corrected chi connectivity index (χ3v) is 2.91. The Morgan fingerprint density at radius 1 is 1.21 bits per heavy atom. The maximum absolute atomic E-state index is 11.7. The van der Waals surface area contributed by atoms with E-state index in [0.717, 1.165) is 11.3 Å². The monoisotopic (exact) mass is 258 g/mol. The molecule has 0 radical (unpaired) electrons. The summed E-state index contributed by atoms with van der Waals surface area (Å²) in [6.07, 6.45) is 1.74. The van der Waals surface area contributed by atoms with E-state index in [0.29, 0.717) is 13.2 Å². The number of aromatic nitrogens is 1. The van der Waals surface area contributed by atoms with Crippen LogP contribution in [0.5, 0.6) is 5.75 Å². The molecule has 0 aliphatic heterocycles. The van der Waals surface area contributed by atoms with E-state index in [4.69, 9.17) is 10.5 Å². The molecule has 2 rings (SSSR count). The Morgan fingerprint density at radius 2 is 1.95 bits per heavy atom. The first-order valence-corrected chi connectivity index (χ1v) is 6.35. The zero-order valence-corrected chi connectivity index (χ0v) is 11.0. The van der Waals surface area contributed by atoms with Crippen molar-refractivity contribution < 1.29 is 4.74 Å². The van der Waals surface area contributed by atoms with Gasteiger partial charge in [-0.15, -0.1) is 0 Å². The zero-order chi connectivity index (χ0) is 13.7. The molecule has 0 bridgehead atoms. The van der Waals surface area contributed by atoms with Gasteiger partial charge in [-0.3, -0.25) is 4.79 Å². The SMILES string of the molecule is CCOc1ccccc1C(N)Cn1ccccc1=O. The van der Waals surface area contributed by atoms with Crippen molar-refractivity contribution in [3.05, 3.63) is 64.6 Å². The molecule has 0 amide bonds. The minimum Gasteiger partial charge on any atom is -0.494 e. The predicted molar refractivity (Wildman–Crippen MR) is 75.2 cm³/mol. The second kappa shape index (κ2) is 6.20. The smallest absolute Gasteiger partial charge is 0.250 e. The summed E-state index contributed by atoms with van der Waals surface area (Å²) in [6, 6.07) is 12.5. The molecule has 0 aliphatic carbocycles. The lowest BCUT2D eigenvalue weighted by Gasteiger charge is -2.17. The highest BCUT2D eigenvalue weighted by molar-refractivity contribution is 5.35. The van der Waals surface area contributed by atoms with E-state index >= 15 is 0 Å². The predicted octanol–water partition coefficient (Wildman–Crippen LogP) is 1.95. The van der Waals surface area contributed by atoms with E-state index in [1.165, 1.54) is 6.07 Å². The van der Waals surface area contributed by atoms with E-state index in [1.54, 1.807) is 16.8 Å². The largest absolute Gasteiger partial charge is 0.494 e.